The predicted octanol–water partition coefficient (Wildman–Crippen LogP) is 3.59. The van der Waals surface area contributed by atoms with Crippen molar-refractivity contribution in [2.45, 2.75) is 13.5 Å². The predicted molar refractivity (Wildman–Crippen MR) is 65.4 cm³/mol. The zero-order chi connectivity index (χ0) is 11.7. The van der Waals surface area contributed by atoms with E-state index in [9.17, 15) is 4.79 Å². The topological polar surface area (TPSA) is 42.2 Å². The van der Waals surface area contributed by atoms with Crippen LogP contribution in [-0.2, 0) is 6.54 Å². The van der Waals surface area contributed by atoms with Gasteiger partial charge in [-0.1, -0.05) is 11.6 Å². The lowest BCUT2D eigenvalue weighted by molar-refractivity contribution is 0.0685. The molecule has 0 unspecified atom stereocenters. The average molecular weight is 256 g/mol. The number of aromatic nitrogens is 1. The number of hydrogen-bond acceptors (Lipinski definition) is 2. The molecular formula is C11H10ClNO2S. The second-order valence-electron chi connectivity index (χ2n) is 3.26. The van der Waals surface area contributed by atoms with Crippen molar-refractivity contribution in [3.8, 4) is 10.6 Å². The maximum atomic E-state index is 11.0. The van der Waals surface area contributed by atoms with Gasteiger partial charge in [-0.05, 0) is 31.2 Å². The molecule has 2 aromatic heterocycles. The molecule has 2 aromatic rings. The quantitative estimate of drug-likeness (QED) is 0.911. The zero-order valence-corrected chi connectivity index (χ0v) is 10.2. The number of hydrogen-bond donors (Lipinski definition) is 1. The Morgan fingerprint density at radius 3 is 2.69 bits per heavy atom. The van der Waals surface area contributed by atoms with Gasteiger partial charge in [0.25, 0.3) is 0 Å². The van der Waals surface area contributed by atoms with Crippen molar-refractivity contribution in [1.29, 1.82) is 0 Å². The van der Waals surface area contributed by atoms with Gasteiger partial charge >= 0.3 is 5.97 Å². The van der Waals surface area contributed by atoms with Gasteiger partial charge < -0.3 is 9.67 Å². The third-order valence-corrected chi connectivity index (χ3v) is 3.60. The van der Waals surface area contributed by atoms with Gasteiger partial charge in [-0.2, -0.15) is 0 Å². The molecule has 84 valence electrons. The molecule has 0 amide bonds. The molecule has 0 bridgehead atoms. The molecule has 3 nitrogen and oxygen atoms in total. The van der Waals surface area contributed by atoms with E-state index in [0.29, 0.717) is 16.6 Å². The van der Waals surface area contributed by atoms with Crippen molar-refractivity contribution in [1.82, 2.24) is 4.57 Å². The second-order valence-corrected chi connectivity index (χ2v) is 4.97. The first-order valence-corrected chi connectivity index (χ1v) is 6.01. The highest BCUT2D eigenvalue weighted by Gasteiger charge is 2.14. The van der Waals surface area contributed by atoms with Crippen LogP contribution < -0.4 is 0 Å². The molecule has 1 N–H and O–H groups in total. The SMILES string of the molecule is CCn1c(C(=O)O)ccc1-c1ccc(Cl)s1. The highest BCUT2D eigenvalue weighted by Crippen LogP contribution is 2.32. The van der Waals surface area contributed by atoms with Gasteiger partial charge in [0, 0.05) is 6.54 Å². The van der Waals surface area contributed by atoms with E-state index in [1.807, 2.05) is 25.1 Å². The van der Waals surface area contributed by atoms with Crippen LogP contribution in [0.2, 0.25) is 4.34 Å². The molecule has 16 heavy (non-hydrogen) atoms. The van der Waals surface area contributed by atoms with Crippen molar-refractivity contribution in [2.24, 2.45) is 0 Å². The molecule has 0 atom stereocenters. The summed E-state index contributed by atoms with van der Waals surface area (Å²) in [4.78, 5) is 12.0. The van der Waals surface area contributed by atoms with Gasteiger partial charge in [0.15, 0.2) is 0 Å². The number of nitrogens with zero attached hydrogens (tertiary/aromatic N) is 1. The zero-order valence-electron chi connectivity index (χ0n) is 8.61. The Morgan fingerprint density at radius 1 is 1.44 bits per heavy atom. The molecule has 0 aliphatic heterocycles. The molecule has 0 fully saturated rings. The number of thiophene rings is 1. The number of rotatable bonds is 3. The van der Waals surface area contributed by atoms with Gasteiger partial charge in [0.05, 0.1) is 14.9 Å². The number of aromatic carboxylic acids is 1. The smallest absolute Gasteiger partial charge is 0.352 e. The lowest BCUT2D eigenvalue weighted by Crippen LogP contribution is -2.07. The standard InChI is InChI=1S/C11H10ClNO2S/c1-2-13-7(3-4-8(13)11(14)15)9-5-6-10(12)16-9/h3-6H,2H2,1H3,(H,14,15). The van der Waals surface area contributed by atoms with Crippen LogP contribution in [0.15, 0.2) is 24.3 Å². The first kappa shape index (κ1) is 11.2. The van der Waals surface area contributed by atoms with Crippen LogP contribution in [0.5, 0.6) is 0 Å². The normalized spacial score (nSPS) is 10.6. The van der Waals surface area contributed by atoms with Crippen molar-refractivity contribution in [3.05, 3.63) is 34.3 Å². The summed E-state index contributed by atoms with van der Waals surface area (Å²) in [5.74, 6) is -0.907. The Labute approximate surface area is 102 Å². The van der Waals surface area contributed by atoms with Gasteiger partial charge in [-0.3, -0.25) is 0 Å². The molecule has 0 aliphatic rings. The molecule has 0 aliphatic carbocycles. The second kappa shape index (κ2) is 4.31. The largest absolute Gasteiger partial charge is 0.477 e. The first-order valence-electron chi connectivity index (χ1n) is 4.82. The minimum atomic E-state index is -0.907. The van der Waals surface area contributed by atoms with E-state index >= 15 is 0 Å². The first-order chi connectivity index (χ1) is 7.63. The molecule has 0 saturated heterocycles. The molecule has 2 rings (SSSR count). The highest BCUT2D eigenvalue weighted by molar-refractivity contribution is 7.19. The summed E-state index contributed by atoms with van der Waals surface area (Å²) in [6.07, 6.45) is 0. The Hall–Kier alpha value is -1.26. The van der Waals surface area contributed by atoms with E-state index in [4.69, 9.17) is 16.7 Å². The number of carboxylic acids is 1. The summed E-state index contributed by atoms with van der Waals surface area (Å²) in [7, 11) is 0. The van der Waals surface area contributed by atoms with Crippen LogP contribution in [-0.4, -0.2) is 15.6 Å². The minimum Gasteiger partial charge on any atom is -0.477 e. The van der Waals surface area contributed by atoms with E-state index < -0.39 is 5.97 Å². The Kier molecular flexibility index (Phi) is 3.03. The van der Waals surface area contributed by atoms with E-state index in [0.717, 1.165) is 10.6 Å². The molecule has 0 saturated carbocycles. The summed E-state index contributed by atoms with van der Waals surface area (Å²) in [6, 6.07) is 7.15. The Bertz CT molecular complexity index is 530. The summed E-state index contributed by atoms with van der Waals surface area (Å²) in [5.41, 5.74) is 1.21. The van der Waals surface area contributed by atoms with Gasteiger partial charge in [-0.25, -0.2) is 4.79 Å². The lowest BCUT2D eigenvalue weighted by atomic mass is 10.3. The van der Waals surface area contributed by atoms with E-state index in [1.165, 1.54) is 11.3 Å². The fourth-order valence-corrected chi connectivity index (χ4v) is 2.74. The van der Waals surface area contributed by atoms with Crippen LogP contribution in [0.25, 0.3) is 10.6 Å². The maximum Gasteiger partial charge on any atom is 0.352 e. The van der Waals surface area contributed by atoms with Crippen LogP contribution in [0.4, 0.5) is 0 Å². The highest BCUT2D eigenvalue weighted by atomic mass is 35.5. The van der Waals surface area contributed by atoms with Crippen molar-refractivity contribution in [2.75, 3.05) is 0 Å². The molecular weight excluding hydrogens is 246 g/mol. The van der Waals surface area contributed by atoms with Crippen LogP contribution in [0.1, 0.15) is 17.4 Å². The van der Waals surface area contributed by atoms with E-state index in [2.05, 4.69) is 0 Å². The number of halogens is 1. The van der Waals surface area contributed by atoms with Crippen LogP contribution in [0, 0.1) is 0 Å². The third-order valence-electron chi connectivity index (χ3n) is 2.34. The van der Waals surface area contributed by atoms with Crippen LogP contribution >= 0.6 is 22.9 Å². The van der Waals surface area contributed by atoms with Gasteiger partial charge in [0.2, 0.25) is 0 Å². The molecule has 0 radical (unpaired) electrons. The lowest BCUT2D eigenvalue weighted by Gasteiger charge is -2.06. The number of carbonyl (C=O) groups is 1. The van der Waals surface area contributed by atoms with Crippen LogP contribution in [0.3, 0.4) is 0 Å². The van der Waals surface area contributed by atoms with Crippen molar-refractivity contribution < 1.29 is 9.90 Å². The average Bonchev–Trinajstić information content (AvgIpc) is 2.82. The fraction of sp³-hybridized carbons (Fsp3) is 0.182. The summed E-state index contributed by atoms with van der Waals surface area (Å²) in [5, 5.41) is 9.02. The Morgan fingerprint density at radius 2 is 2.19 bits per heavy atom. The monoisotopic (exact) mass is 255 g/mol. The third kappa shape index (κ3) is 1.86. The van der Waals surface area contributed by atoms with Gasteiger partial charge in [-0.15, -0.1) is 11.3 Å². The maximum absolute atomic E-state index is 11.0. The summed E-state index contributed by atoms with van der Waals surface area (Å²) >= 11 is 7.32. The molecule has 0 aromatic carbocycles. The molecule has 2 heterocycles. The minimum absolute atomic E-state index is 0.307. The van der Waals surface area contributed by atoms with Crippen molar-refractivity contribution in [3.63, 3.8) is 0 Å². The Balaban J connectivity index is 2.53. The summed E-state index contributed by atoms with van der Waals surface area (Å²) < 4.78 is 2.47. The van der Waals surface area contributed by atoms with E-state index in [-0.39, 0.29) is 0 Å². The number of carboxylic acid groups (broad SMARTS) is 1. The van der Waals surface area contributed by atoms with Crippen molar-refractivity contribution >= 4 is 28.9 Å². The van der Waals surface area contributed by atoms with Gasteiger partial charge in [0.1, 0.15) is 5.69 Å². The molecule has 0 spiro atoms. The van der Waals surface area contributed by atoms with E-state index in [1.54, 1.807) is 10.6 Å². The fourth-order valence-electron chi connectivity index (χ4n) is 1.66. The summed E-state index contributed by atoms with van der Waals surface area (Å²) in [6.45, 7) is 2.55. The molecule has 5 heteroatoms.